The van der Waals surface area contributed by atoms with Crippen molar-refractivity contribution >= 4 is 22.4 Å². The summed E-state index contributed by atoms with van der Waals surface area (Å²) in [6, 6.07) is 0. The Morgan fingerprint density at radius 2 is 2.11 bits per heavy atom. The smallest absolute Gasteiger partial charge is 0.233 e. The second-order valence-corrected chi connectivity index (χ2v) is 6.81. The van der Waals surface area contributed by atoms with E-state index in [4.69, 9.17) is 5.73 Å². The Hall–Kier alpha value is -1.01. The van der Waals surface area contributed by atoms with Gasteiger partial charge in [0, 0.05) is 13.0 Å². The van der Waals surface area contributed by atoms with Gasteiger partial charge >= 0.3 is 0 Å². The number of hydrogen-bond donors (Lipinski definition) is 2. The molecule has 1 aliphatic carbocycles. The summed E-state index contributed by atoms with van der Waals surface area (Å²) < 4.78 is 0. The number of aromatic nitrogens is 2. The third-order valence-corrected chi connectivity index (χ3v) is 4.56. The largest absolute Gasteiger partial charge is 0.329 e. The summed E-state index contributed by atoms with van der Waals surface area (Å²) in [5, 5.41) is 12.6. The number of amides is 1. The van der Waals surface area contributed by atoms with Crippen molar-refractivity contribution in [3.05, 3.63) is 5.01 Å². The number of nitrogens with zero attached hydrogens (tertiary/aromatic N) is 2. The summed E-state index contributed by atoms with van der Waals surface area (Å²) in [6.07, 6.45) is 4.83. The lowest BCUT2D eigenvalue weighted by atomic mass is 9.85. The topological polar surface area (TPSA) is 80.9 Å². The van der Waals surface area contributed by atoms with Crippen LogP contribution in [0.15, 0.2) is 0 Å². The molecule has 1 aromatic rings. The Morgan fingerprint density at radius 3 is 2.68 bits per heavy atom. The van der Waals surface area contributed by atoms with Crippen molar-refractivity contribution in [2.24, 2.45) is 17.1 Å². The maximum atomic E-state index is 12.3. The number of nitrogens with one attached hydrogen (secondary N) is 1. The summed E-state index contributed by atoms with van der Waals surface area (Å²) in [5.74, 6) is 0.557. The van der Waals surface area contributed by atoms with Gasteiger partial charge in [-0.2, -0.15) is 0 Å². The number of hydrogen-bond acceptors (Lipinski definition) is 5. The van der Waals surface area contributed by atoms with E-state index in [-0.39, 0.29) is 11.3 Å². The minimum Gasteiger partial charge on any atom is -0.329 e. The number of carbonyl (C=O) groups is 1. The van der Waals surface area contributed by atoms with Gasteiger partial charge < -0.3 is 5.73 Å². The lowest BCUT2D eigenvalue weighted by Gasteiger charge is -2.24. The van der Waals surface area contributed by atoms with Crippen molar-refractivity contribution in [1.29, 1.82) is 0 Å². The molecule has 2 rings (SSSR count). The van der Waals surface area contributed by atoms with Crippen molar-refractivity contribution in [1.82, 2.24) is 10.2 Å². The molecule has 6 heteroatoms. The van der Waals surface area contributed by atoms with Crippen LogP contribution in [-0.4, -0.2) is 22.6 Å². The fourth-order valence-electron chi connectivity index (χ4n) is 2.54. The fourth-order valence-corrected chi connectivity index (χ4v) is 3.49. The second kappa shape index (κ2) is 5.96. The predicted molar refractivity (Wildman–Crippen MR) is 77.0 cm³/mol. The summed E-state index contributed by atoms with van der Waals surface area (Å²) in [7, 11) is 0. The summed E-state index contributed by atoms with van der Waals surface area (Å²) in [5.41, 5.74) is 5.42. The molecule has 0 radical (unpaired) electrons. The van der Waals surface area contributed by atoms with Crippen molar-refractivity contribution in [2.45, 2.75) is 46.0 Å². The SMILES string of the molecule is CC(C)Cc1nnc(NC(=O)C2(CN)CCCC2)s1. The number of carbonyl (C=O) groups excluding carboxylic acids is 1. The van der Waals surface area contributed by atoms with Crippen LogP contribution in [0.4, 0.5) is 5.13 Å². The monoisotopic (exact) mass is 282 g/mol. The van der Waals surface area contributed by atoms with Gasteiger partial charge in [-0.15, -0.1) is 10.2 Å². The molecule has 1 saturated carbocycles. The number of rotatable bonds is 5. The van der Waals surface area contributed by atoms with Gasteiger partial charge in [-0.3, -0.25) is 10.1 Å². The van der Waals surface area contributed by atoms with Gasteiger partial charge in [0.15, 0.2) is 0 Å². The maximum absolute atomic E-state index is 12.3. The molecule has 106 valence electrons. The lowest BCUT2D eigenvalue weighted by molar-refractivity contribution is -0.124. The predicted octanol–water partition coefficient (Wildman–Crippen LogP) is 2.19. The molecule has 0 saturated heterocycles. The average molecular weight is 282 g/mol. The highest BCUT2D eigenvalue weighted by molar-refractivity contribution is 7.15. The average Bonchev–Trinajstić information content (AvgIpc) is 2.98. The Labute approximate surface area is 118 Å². The number of nitrogens with two attached hydrogens (primary N) is 1. The van der Waals surface area contributed by atoms with Crippen molar-refractivity contribution < 1.29 is 4.79 Å². The van der Waals surface area contributed by atoms with Crippen LogP contribution >= 0.6 is 11.3 Å². The van der Waals surface area contributed by atoms with E-state index in [0.29, 0.717) is 17.6 Å². The van der Waals surface area contributed by atoms with Gasteiger partial charge in [-0.05, 0) is 18.8 Å². The molecule has 0 aromatic carbocycles. The first-order chi connectivity index (χ1) is 9.05. The van der Waals surface area contributed by atoms with E-state index in [1.807, 2.05) is 0 Å². The van der Waals surface area contributed by atoms with Gasteiger partial charge in [0.05, 0.1) is 5.41 Å². The standard InChI is InChI=1S/C13H22N4OS/c1-9(2)7-10-16-17-12(19-10)15-11(18)13(8-14)5-3-4-6-13/h9H,3-8,14H2,1-2H3,(H,15,17,18). The minimum atomic E-state index is -0.385. The van der Waals surface area contributed by atoms with Gasteiger partial charge in [0.25, 0.3) is 0 Å². The fraction of sp³-hybridized carbons (Fsp3) is 0.769. The first-order valence-corrected chi connectivity index (χ1v) is 7.71. The van der Waals surface area contributed by atoms with E-state index in [9.17, 15) is 4.79 Å². The zero-order valence-corrected chi connectivity index (χ0v) is 12.4. The van der Waals surface area contributed by atoms with Crippen molar-refractivity contribution in [2.75, 3.05) is 11.9 Å². The molecule has 5 nitrogen and oxygen atoms in total. The molecular formula is C13H22N4OS. The Kier molecular flexibility index (Phi) is 4.52. The molecule has 1 aromatic heterocycles. The van der Waals surface area contributed by atoms with Crippen LogP contribution in [0.5, 0.6) is 0 Å². The highest BCUT2D eigenvalue weighted by atomic mass is 32.1. The molecule has 0 bridgehead atoms. The normalized spacial score (nSPS) is 17.9. The zero-order chi connectivity index (χ0) is 13.9. The first kappa shape index (κ1) is 14.4. The Morgan fingerprint density at radius 1 is 1.42 bits per heavy atom. The Balaban J connectivity index is 2.00. The van der Waals surface area contributed by atoms with Crippen LogP contribution in [0.3, 0.4) is 0 Å². The molecule has 19 heavy (non-hydrogen) atoms. The minimum absolute atomic E-state index is 0.0137. The summed E-state index contributed by atoms with van der Waals surface area (Å²) in [6.45, 7) is 4.69. The summed E-state index contributed by atoms with van der Waals surface area (Å²) >= 11 is 1.46. The molecule has 3 N–H and O–H groups in total. The zero-order valence-electron chi connectivity index (χ0n) is 11.6. The van der Waals surface area contributed by atoms with E-state index < -0.39 is 0 Å². The van der Waals surface area contributed by atoms with E-state index in [1.54, 1.807) is 0 Å². The quantitative estimate of drug-likeness (QED) is 0.867. The van der Waals surface area contributed by atoms with Crippen LogP contribution in [0, 0.1) is 11.3 Å². The van der Waals surface area contributed by atoms with Crippen molar-refractivity contribution in [3.8, 4) is 0 Å². The molecule has 1 aliphatic rings. The van der Waals surface area contributed by atoms with Crippen LogP contribution in [0.1, 0.15) is 44.5 Å². The number of anilines is 1. The highest BCUT2D eigenvalue weighted by Crippen LogP contribution is 2.38. The molecule has 1 fully saturated rings. The van der Waals surface area contributed by atoms with Gasteiger partial charge in [0.1, 0.15) is 5.01 Å². The van der Waals surface area contributed by atoms with Gasteiger partial charge in [0.2, 0.25) is 11.0 Å². The lowest BCUT2D eigenvalue weighted by Crippen LogP contribution is -2.40. The van der Waals surface area contributed by atoms with Crippen LogP contribution < -0.4 is 11.1 Å². The Bertz CT molecular complexity index is 438. The third-order valence-electron chi connectivity index (χ3n) is 3.70. The third kappa shape index (κ3) is 3.30. The van der Waals surface area contributed by atoms with Crippen molar-refractivity contribution in [3.63, 3.8) is 0 Å². The molecule has 0 spiro atoms. The molecular weight excluding hydrogens is 260 g/mol. The van der Waals surface area contributed by atoms with Crippen LogP contribution in [0.2, 0.25) is 0 Å². The maximum Gasteiger partial charge on any atom is 0.233 e. The molecule has 0 aliphatic heterocycles. The van der Waals surface area contributed by atoms with E-state index in [1.165, 1.54) is 11.3 Å². The van der Waals surface area contributed by atoms with Gasteiger partial charge in [-0.25, -0.2) is 0 Å². The van der Waals surface area contributed by atoms with Crippen LogP contribution in [-0.2, 0) is 11.2 Å². The highest BCUT2D eigenvalue weighted by Gasteiger charge is 2.40. The van der Waals surface area contributed by atoms with Gasteiger partial charge in [-0.1, -0.05) is 38.0 Å². The van der Waals surface area contributed by atoms with E-state index in [2.05, 4.69) is 29.4 Å². The van der Waals surface area contributed by atoms with E-state index >= 15 is 0 Å². The molecule has 1 amide bonds. The first-order valence-electron chi connectivity index (χ1n) is 6.89. The summed E-state index contributed by atoms with van der Waals surface area (Å²) in [4.78, 5) is 12.3. The second-order valence-electron chi connectivity index (χ2n) is 5.74. The van der Waals surface area contributed by atoms with Crippen LogP contribution in [0.25, 0.3) is 0 Å². The molecule has 0 unspecified atom stereocenters. The molecule has 0 atom stereocenters. The van der Waals surface area contributed by atoms with E-state index in [0.717, 1.165) is 37.1 Å². The molecule has 1 heterocycles.